The first-order valence-corrected chi connectivity index (χ1v) is 8.43. The van der Waals surface area contributed by atoms with Gasteiger partial charge in [0.2, 0.25) is 5.95 Å². The van der Waals surface area contributed by atoms with Crippen LogP contribution in [0.25, 0.3) is 0 Å². The Kier molecular flexibility index (Phi) is 5.53. The number of rotatable bonds is 6. The fourth-order valence-electron chi connectivity index (χ4n) is 2.52. The average Bonchev–Trinajstić information content (AvgIpc) is 2.66. The predicted octanol–water partition coefficient (Wildman–Crippen LogP) is 3.03. The molecule has 0 saturated heterocycles. The Bertz CT molecular complexity index is 896. The maximum Gasteiger partial charge on any atom is 0.270 e. The van der Waals surface area contributed by atoms with Gasteiger partial charge in [0, 0.05) is 31.2 Å². The van der Waals surface area contributed by atoms with Crippen LogP contribution in [0.15, 0.2) is 54.9 Å². The van der Waals surface area contributed by atoms with Gasteiger partial charge in [-0.15, -0.1) is 0 Å². The zero-order chi connectivity index (χ0) is 18.4. The van der Waals surface area contributed by atoms with Gasteiger partial charge in [-0.05, 0) is 48.7 Å². The van der Waals surface area contributed by atoms with Crippen LogP contribution in [-0.2, 0) is 13.1 Å². The molecule has 2 N–H and O–H groups in total. The lowest BCUT2D eigenvalue weighted by Gasteiger charge is -2.10. The molecule has 3 aromatic rings. The summed E-state index contributed by atoms with van der Waals surface area (Å²) in [6.45, 7) is 4.90. The molecule has 0 saturated carbocycles. The number of benzene rings is 1. The zero-order valence-electron chi connectivity index (χ0n) is 14.9. The standard InChI is InChI=1S/C20H21N5O/c1-14-5-3-4-6-17(14)13-22-19(26)18-11-15(2)24-20(25-18)23-12-16-7-9-21-10-8-16/h3-11H,12-13H2,1-2H3,(H,22,26)(H,23,24,25). The third kappa shape index (κ3) is 4.63. The van der Waals surface area contributed by atoms with Gasteiger partial charge in [0.1, 0.15) is 5.69 Å². The zero-order valence-corrected chi connectivity index (χ0v) is 14.9. The summed E-state index contributed by atoms with van der Waals surface area (Å²) in [7, 11) is 0. The van der Waals surface area contributed by atoms with Crippen molar-refractivity contribution in [2.24, 2.45) is 0 Å². The van der Waals surface area contributed by atoms with Crippen LogP contribution >= 0.6 is 0 Å². The second kappa shape index (κ2) is 8.20. The molecule has 2 aromatic heterocycles. The van der Waals surface area contributed by atoms with E-state index < -0.39 is 0 Å². The van der Waals surface area contributed by atoms with E-state index in [-0.39, 0.29) is 5.91 Å². The van der Waals surface area contributed by atoms with Crippen molar-refractivity contribution in [2.75, 3.05) is 5.32 Å². The van der Waals surface area contributed by atoms with Crippen molar-refractivity contribution < 1.29 is 4.79 Å². The highest BCUT2D eigenvalue weighted by molar-refractivity contribution is 5.92. The molecule has 0 bridgehead atoms. The largest absolute Gasteiger partial charge is 0.350 e. The summed E-state index contributed by atoms with van der Waals surface area (Å²) in [5.41, 5.74) is 4.38. The van der Waals surface area contributed by atoms with Crippen LogP contribution < -0.4 is 10.6 Å². The number of carbonyl (C=O) groups excluding carboxylic acids is 1. The van der Waals surface area contributed by atoms with Crippen LogP contribution in [0.3, 0.4) is 0 Å². The molecular formula is C20H21N5O. The Balaban J connectivity index is 1.66. The van der Waals surface area contributed by atoms with E-state index in [1.165, 1.54) is 0 Å². The second-order valence-corrected chi connectivity index (χ2v) is 6.04. The van der Waals surface area contributed by atoms with Gasteiger partial charge in [0.15, 0.2) is 0 Å². The van der Waals surface area contributed by atoms with Crippen molar-refractivity contribution in [1.29, 1.82) is 0 Å². The topological polar surface area (TPSA) is 79.8 Å². The average molecular weight is 347 g/mol. The highest BCUT2D eigenvalue weighted by atomic mass is 16.1. The normalized spacial score (nSPS) is 10.4. The second-order valence-electron chi connectivity index (χ2n) is 6.04. The lowest BCUT2D eigenvalue weighted by Crippen LogP contribution is -2.25. The number of amides is 1. The monoisotopic (exact) mass is 347 g/mol. The molecule has 1 amide bonds. The van der Waals surface area contributed by atoms with Crippen LogP contribution in [0.4, 0.5) is 5.95 Å². The molecule has 1 aromatic carbocycles. The molecule has 0 spiro atoms. The molecule has 0 atom stereocenters. The van der Waals surface area contributed by atoms with Crippen molar-refractivity contribution >= 4 is 11.9 Å². The van der Waals surface area contributed by atoms with Crippen LogP contribution in [0.1, 0.15) is 32.9 Å². The quantitative estimate of drug-likeness (QED) is 0.716. The summed E-state index contributed by atoms with van der Waals surface area (Å²) >= 11 is 0. The van der Waals surface area contributed by atoms with E-state index in [0.29, 0.717) is 24.7 Å². The van der Waals surface area contributed by atoms with E-state index in [2.05, 4.69) is 25.6 Å². The molecule has 0 fully saturated rings. The van der Waals surface area contributed by atoms with Gasteiger partial charge in [-0.25, -0.2) is 9.97 Å². The van der Waals surface area contributed by atoms with Crippen molar-refractivity contribution in [3.8, 4) is 0 Å². The molecule has 3 rings (SSSR count). The van der Waals surface area contributed by atoms with Gasteiger partial charge >= 0.3 is 0 Å². The Hall–Kier alpha value is -3.28. The third-order valence-corrected chi connectivity index (χ3v) is 3.99. The van der Waals surface area contributed by atoms with Gasteiger partial charge in [-0.1, -0.05) is 24.3 Å². The number of carbonyl (C=O) groups is 1. The van der Waals surface area contributed by atoms with Crippen LogP contribution in [-0.4, -0.2) is 20.9 Å². The van der Waals surface area contributed by atoms with E-state index in [1.54, 1.807) is 18.5 Å². The maximum absolute atomic E-state index is 12.5. The summed E-state index contributed by atoms with van der Waals surface area (Å²) in [4.78, 5) is 25.1. The van der Waals surface area contributed by atoms with E-state index >= 15 is 0 Å². The molecule has 0 aliphatic carbocycles. The minimum Gasteiger partial charge on any atom is -0.350 e. The molecule has 0 aliphatic heterocycles. The predicted molar refractivity (Wildman–Crippen MR) is 101 cm³/mol. The summed E-state index contributed by atoms with van der Waals surface area (Å²) < 4.78 is 0. The maximum atomic E-state index is 12.5. The molecule has 0 aliphatic rings. The molecule has 26 heavy (non-hydrogen) atoms. The highest BCUT2D eigenvalue weighted by Crippen LogP contribution is 2.09. The smallest absolute Gasteiger partial charge is 0.270 e. The molecule has 6 nitrogen and oxygen atoms in total. The van der Waals surface area contributed by atoms with E-state index in [4.69, 9.17) is 0 Å². The van der Waals surface area contributed by atoms with Crippen molar-refractivity contribution in [3.05, 3.63) is 82.9 Å². The summed E-state index contributed by atoms with van der Waals surface area (Å²) in [6.07, 6.45) is 3.47. The number of aryl methyl sites for hydroxylation is 2. The van der Waals surface area contributed by atoms with E-state index in [9.17, 15) is 4.79 Å². The number of hydrogen-bond acceptors (Lipinski definition) is 5. The highest BCUT2D eigenvalue weighted by Gasteiger charge is 2.11. The molecule has 132 valence electrons. The van der Waals surface area contributed by atoms with Crippen molar-refractivity contribution in [2.45, 2.75) is 26.9 Å². The Morgan fingerprint density at radius 2 is 1.77 bits per heavy atom. The molecule has 0 radical (unpaired) electrons. The first-order valence-electron chi connectivity index (χ1n) is 8.43. The Labute approximate surface area is 152 Å². The fraction of sp³-hybridized carbons (Fsp3) is 0.200. The fourth-order valence-corrected chi connectivity index (χ4v) is 2.52. The number of aromatic nitrogens is 3. The van der Waals surface area contributed by atoms with Crippen LogP contribution in [0.5, 0.6) is 0 Å². The van der Waals surface area contributed by atoms with Crippen molar-refractivity contribution in [1.82, 2.24) is 20.3 Å². The SMILES string of the molecule is Cc1cc(C(=O)NCc2ccccc2C)nc(NCc2ccncc2)n1. The number of nitrogens with one attached hydrogen (secondary N) is 2. The van der Waals surface area contributed by atoms with Gasteiger partial charge < -0.3 is 10.6 Å². The van der Waals surface area contributed by atoms with Crippen LogP contribution in [0, 0.1) is 13.8 Å². The first kappa shape index (κ1) is 17.5. The van der Waals surface area contributed by atoms with Gasteiger partial charge in [0.05, 0.1) is 0 Å². The molecular weight excluding hydrogens is 326 g/mol. The number of pyridine rings is 1. The minimum absolute atomic E-state index is 0.217. The van der Waals surface area contributed by atoms with Gasteiger partial charge in [0.25, 0.3) is 5.91 Å². The third-order valence-electron chi connectivity index (χ3n) is 3.99. The first-order chi connectivity index (χ1) is 12.6. The number of hydrogen-bond donors (Lipinski definition) is 2. The lowest BCUT2D eigenvalue weighted by atomic mass is 10.1. The summed E-state index contributed by atoms with van der Waals surface area (Å²) in [5, 5.41) is 6.07. The molecule has 2 heterocycles. The molecule has 0 unspecified atom stereocenters. The molecule has 6 heteroatoms. The van der Waals surface area contributed by atoms with E-state index in [0.717, 1.165) is 22.4 Å². The Morgan fingerprint density at radius 1 is 1.00 bits per heavy atom. The minimum atomic E-state index is -0.217. The van der Waals surface area contributed by atoms with Gasteiger partial charge in [-0.3, -0.25) is 9.78 Å². The van der Waals surface area contributed by atoms with Gasteiger partial charge in [-0.2, -0.15) is 0 Å². The number of anilines is 1. The lowest BCUT2D eigenvalue weighted by molar-refractivity contribution is 0.0945. The van der Waals surface area contributed by atoms with Crippen molar-refractivity contribution in [3.63, 3.8) is 0 Å². The summed E-state index contributed by atoms with van der Waals surface area (Å²) in [6, 6.07) is 13.5. The summed E-state index contributed by atoms with van der Waals surface area (Å²) in [5.74, 6) is 0.216. The Morgan fingerprint density at radius 3 is 2.54 bits per heavy atom. The number of nitrogens with zero attached hydrogens (tertiary/aromatic N) is 3. The van der Waals surface area contributed by atoms with Crippen LogP contribution in [0.2, 0.25) is 0 Å². The van der Waals surface area contributed by atoms with E-state index in [1.807, 2.05) is 50.2 Å².